The lowest BCUT2D eigenvalue weighted by molar-refractivity contribution is -0.151. The number of fused-ring (bicyclic) bond motifs is 1. The number of amidine groups is 1. The summed E-state index contributed by atoms with van der Waals surface area (Å²) in [6.45, 7) is 4.86. The highest BCUT2D eigenvalue weighted by Gasteiger charge is 2.41. The summed E-state index contributed by atoms with van der Waals surface area (Å²) in [6.07, 6.45) is 1.60. The molecule has 0 radical (unpaired) electrons. The van der Waals surface area contributed by atoms with E-state index >= 15 is 0 Å². The summed E-state index contributed by atoms with van der Waals surface area (Å²) in [4.78, 5) is 46.8. The van der Waals surface area contributed by atoms with Gasteiger partial charge in [0, 0.05) is 18.8 Å². The molecule has 0 aromatic heterocycles. The van der Waals surface area contributed by atoms with Crippen LogP contribution in [0.3, 0.4) is 0 Å². The maximum absolute atomic E-state index is 13.4. The van der Waals surface area contributed by atoms with Gasteiger partial charge >= 0.3 is 11.9 Å². The Kier molecular flexibility index (Phi) is 8.03. The van der Waals surface area contributed by atoms with Crippen LogP contribution in [0.4, 0.5) is 0 Å². The fourth-order valence-electron chi connectivity index (χ4n) is 4.77. The van der Waals surface area contributed by atoms with E-state index in [1.807, 2.05) is 34.6 Å². The maximum atomic E-state index is 13.4. The van der Waals surface area contributed by atoms with E-state index in [4.69, 9.17) is 14.2 Å². The van der Waals surface area contributed by atoms with E-state index in [9.17, 15) is 14.4 Å². The average Bonchev–Trinajstić information content (AvgIpc) is 3.29. The number of thioether (sulfide) groups is 1. The standard InChI is InChI=1S/C26H31N3O6S/c1-5-35-24(31)18-7-6-12-28(14-18)21(30)13-19-15-36-26-27-16(2)22(25(32)34-4)23(29(19)26)17-8-10-20(33-3)11-9-17/h8-11,15,18,23H,5-7,12-14H2,1-4H3/t18-,23-/m1/s1. The third-order valence-corrected chi connectivity index (χ3v) is 7.45. The Morgan fingerprint density at radius 3 is 2.58 bits per heavy atom. The molecule has 0 spiro atoms. The number of hydrogen-bond donors (Lipinski definition) is 0. The van der Waals surface area contributed by atoms with E-state index in [0.717, 1.165) is 24.1 Å². The predicted molar refractivity (Wildman–Crippen MR) is 136 cm³/mol. The number of hydrogen-bond acceptors (Lipinski definition) is 9. The lowest BCUT2D eigenvalue weighted by Crippen LogP contribution is -2.44. The first-order valence-corrected chi connectivity index (χ1v) is 12.9. The zero-order valence-electron chi connectivity index (χ0n) is 21.0. The van der Waals surface area contributed by atoms with E-state index in [2.05, 4.69) is 4.99 Å². The second-order valence-corrected chi connectivity index (χ2v) is 9.60. The molecule has 1 aromatic carbocycles. The van der Waals surface area contributed by atoms with Gasteiger partial charge in [-0.25, -0.2) is 9.79 Å². The van der Waals surface area contributed by atoms with E-state index in [1.165, 1.54) is 18.9 Å². The Balaban J connectivity index is 1.60. The summed E-state index contributed by atoms with van der Waals surface area (Å²) in [5.41, 5.74) is 2.60. The van der Waals surface area contributed by atoms with Gasteiger partial charge in [0.2, 0.25) is 5.91 Å². The number of piperidine rings is 1. The molecule has 0 unspecified atom stereocenters. The first-order chi connectivity index (χ1) is 17.4. The van der Waals surface area contributed by atoms with Crippen LogP contribution in [0.1, 0.15) is 44.7 Å². The molecular weight excluding hydrogens is 482 g/mol. The van der Waals surface area contributed by atoms with Gasteiger partial charge in [0.05, 0.1) is 50.5 Å². The Morgan fingerprint density at radius 2 is 1.92 bits per heavy atom. The van der Waals surface area contributed by atoms with Crippen LogP contribution in [0.2, 0.25) is 0 Å². The van der Waals surface area contributed by atoms with Crippen LogP contribution in [0.25, 0.3) is 0 Å². The Hall–Kier alpha value is -3.27. The summed E-state index contributed by atoms with van der Waals surface area (Å²) >= 11 is 1.42. The number of carbonyl (C=O) groups excluding carboxylic acids is 3. The highest BCUT2D eigenvalue weighted by atomic mass is 32.2. The molecule has 2 atom stereocenters. The van der Waals surface area contributed by atoms with Crippen LogP contribution in [0.15, 0.2) is 51.6 Å². The quantitative estimate of drug-likeness (QED) is 0.510. The summed E-state index contributed by atoms with van der Waals surface area (Å²) < 4.78 is 15.6. The molecule has 0 aliphatic carbocycles. The molecule has 10 heteroatoms. The Morgan fingerprint density at radius 1 is 1.17 bits per heavy atom. The van der Waals surface area contributed by atoms with Gasteiger partial charge in [0.15, 0.2) is 5.17 Å². The largest absolute Gasteiger partial charge is 0.497 e. The number of methoxy groups -OCH3 is 2. The average molecular weight is 514 g/mol. The fraction of sp³-hybridized carbons (Fsp3) is 0.462. The van der Waals surface area contributed by atoms with Gasteiger partial charge in [0.1, 0.15) is 5.75 Å². The minimum absolute atomic E-state index is 0.0727. The number of allylic oxidation sites excluding steroid dienone is 1. The SMILES string of the molecule is CCOC(=O)[C@@H]1CCCN(C(=O)CC2=CSC3=NC(C)=C(C(=O)OC)[C@@H](c4ccc(OC)cc4)N23)C1. The predicted octanol–water partition coefficient (Wildman–Crippen LogP) is 3.63. The number of benzene rings is 1. The molecule has 0 saturated carbocycles. The Bertz CT molecular complexity index is 1130. The van der Waals surface area contributed by atoms with Gasteiger partial charge in [0.25, 0.3) is 0 Å². The van der Waals surface area contributed by atoms with Gasteiger partial charge in [-0.15, -0.1) is 0 Å². The normalized spacial score (nSPS) is 21.4. The van der Waals surface area contributed by atoms with Crippen molar-refractivity contribution in [3.05, 3.63) is 52.2 Å². The summed E-state index contributed by atoms with van der Waals surface area (Å²) in [7, 11) is 2.95. The van der Waals surface area contributed by atoms with Gasteiger partial charge < -0.3 is 24.0 Å². The molecule has 3 aliphatic rings. The van der Waals surface area contributed by atoms with Gasteiger partial charge in [-0.1, -0.05) is 23.9 Å². The number of aliphatic imine (C=N–C) groups is 1. The van der Waals surface area contributed by atoms with Crippen molar-refractivity contribution in [2.45, 2.75) is 39.2 Å². The highest BCUT2D eigenvalue weighted by molar-refractivity contribution is 8.16. The molecule has 3 aliphatic heterocycles. The lowest BCUT2D eigenvalue weighted by Gasteiger charge is -2.37. The summed E-state index contributed by atoms with van der Waals surface area (Å²) in [5.74, 6) is -0.389. The molecule has 1 saturated heterocycles. The van der Waals surface area contributed by atoms with Crippen LogP contribution in [-0.2, 0) is 23.9 Å². The summed E-state index contributed by atoms with van der Waals surface area (Å²) in [5, 5.41) is 2.61. The van der Waals surface area contributed by atoms with Crippen LogP contribution in [0.5, 0.6) is 5.75 Å². The number of amides is 1. The zero-order chi connectivity index (χ0) is 25.8. The van der Waals surface area contributed by atoms with Gasteiger partial charge in [-0.3, -0.25) is 9.59 Å². The molecule has 1 fully saturated rings. The second-order valence-electron chi connectivity index (χ2n) is 8.77. The van der Waals surface area contributed by atoms with Crippen molar-refractivity contribution in [1.82, 2.24) is 9.80 Å². The van der Waals surface area contributed by atoms with Gasteiger partial charge in [-0.05, 0) is 49.8 Å². The first-order valence-electron chi connectivity index (χ1n) is 12.0. The zero-order valence-corrected chi connectivity index (χ0v) is 21.8. The number of esters is 2. The number of rotatable bonds is 7. The molecular formula is C26H31N3O6S. The molecule has 1 amide bonds. The number of ether oxygens (including phenoxy) is 3. The number of carbonyl (C=O) groups is 3. The molecule has 9 nitrogen and oxygen atoms in total. The minimum atomic E-state index is -0.501. The van der Waals surface area contributed by atoms with E-state index in [1.54, 1.807) is 25.9 Å². The highest BCUT2D eigenvalue weighted by Crippen LogP contribution is 2.45. The molecule has 1 aromatic rings. The molecule has 0 N–H and O–H groups in total. The first kappa shape index (κ1) is 25.8. The smallest absolute Gasteiger partial charge is 0.338 e. The second kappa shape index (κ2) is 11.2. The minimum Gasteiger partial charge on any atom is -0.497 e. The molecule has 36 heavy (non-hydrogen) atoms. The molecule has 4 rings (SSSR count). The van der Waals surface area contributed by atoms with E-state index in [-0.39, 0.29) is 24.2 Å². The maximum Gasteiger partial charge on any atom is 0.338 e. The summed E-state index contributed by atoms with van der Waals surface area (Å²) in [6, 6.07) is 6.98. The van der Waals surface area contributed by atoms with Crippen molar-refractivity contribution < 1.29 is 28.6 Å². The van der Waals surface area contributed by atoms with Crippen LogP contribution >= 0.6 is 11.8 Å². The van der Waals surface area contributed by atoms with Crippen molar-refractivity contribution in [3.8, 4) is 5.75 Å². The monoisotopic (exact) mass is 513 g/mol. The van der Waals surface area contributed by atoms with Gasteiger partial charge in [-0.2, -0.15) is 0 Å². The topological polar surface area (TPSA) is 97.7 Å². The van der Waals surface area contributed by atoms with Crippen molar-refractivity contribution in [2.75, 3.05) is 33.9 Å². The van der Waals surface area contributed by atoms with Crippen LogP contribution in [-0.4, -0.2) is 66.7 Å². The third-order valence-electron chi connectivity index (χ3n) is 6.56. The van der Waals surface area contributed by atoms with Crippen molar-refractivity contribution >= 4 is 34.8 Å². The van der Waals surface area contributed by atoms with Crippen molar-refractivity contribution in [3.63, 3.8) is 0 Å². The fourth-order valence-corrected chi connectivity index (χ4v) is 5.73. The Labute approximate surface area is 215 Å². The van der Waals surface area contributed by atoms with Crippen molar-refractivity contribution in [1.29, 1.82) is 0 Å². The lowest BCUT2D eigenvalue weighted by atomic mass is 9.93. The van der Waals surface area contributed by atoms with Crippen LogP contribution < -0.4 is 4.74 Å². The van der Waals surface area contributed by atoms with E-state index in [0.29, 0.717) is 41.9 Å². The third kappa shape index (κ3) is 5.13. The van der Waals surface area contributed by atoms with E-state index < -0.39 is 12.0 Å². The number of nitrogens with zero attached hydrogens (tertiary/aromatic N) is 3. The van der Waals surface area contributed by atoms with Crippen molar-refractivity contribution in [2.24, 2.45) is 10.9 Å². The molecule has 3 heterocycles. The molecule has 192 valence electrons. The molecule has 0 bridgehead atoms. The number of likely N-dealkylation sites (tertiary alicyclic amines) is 1. The van der Waals surface area contributed by atoms with Crippen LogP contribution in [0, 0.1) is 5.92 Å².